The Morgan fingerprint density at radius 2 is 1.89 bits per heavy atom. The van der Waals surface area contributed by atoms with Gasteiger partial charge in [-0.25, -0.2) is 8.42 Å². The lowest BCUT2D eigenvalue weighted by Gasteiger charge is -2.17. The maximum Gasteiger partial charge on any atom is 0.154 e. The molecule has 18 heavy (non-hydrogen) atoms. The molecule has 1 unspecified atom stereocenters. The summed E-state index contributed by atoms with van der Waals surface area (Å²) in [5.41, 5.74) is 2.33. The molecule has 1 heterocycles. The molecule has 1 aliphatic heterocycles. The minimum absolute atomic E-state index is 0.0846. The van der Waals surface area contributed by atoms with Gasteiger partial charge in [-0.2, -0.15) is 0 Å². The summed E-state index contributed by atoms with van der Waals surface area (Å²) in [4.78, 5) is 10.7. The first-order valence-corrected chi connectivity index (χ1v) is 7.67. The van der Waals surface area contributed by atoms with Crippen LogP contribution in [0.25, 0.3) is 0 Å². The molecule has 1 aromatic carbocycles. The second kappa shape index (κ2) is 4.72. The van der Waals surface area contributed by atoms with E-state index in [0.29, 0.717) is 17.7 Å². The molecule has 0 spiro atoms. The largest absolute Gasteiger partial charge is 0.489 e. The molecular formula is C13H16O4S. The van der Waals surface area contributed by atoms with Gasteiger partial charge in [0.15, 0.2) is 9.84 Å². The van der Waals surface area contributed by atoms with Crippen LogP contribution in [-0.4, -0.2) is 32.3 Å². The number of carbonyl (C=O) groups excluding carboxylic acids is 1. The average molecular weight is 268 g/mol. The quantitative estimate of drug-likeness (QED) is 0.783. The van der Waals surface area contributed by atoms with Gasteiger partial charge < -0.3 is 4.74 Å². The van der Waals surface area contributed by atoms with Gasteiger partial charge in [-0.15, -0.1) is 0 Å². The van der Waals surface area contributed by atoms with Crippen LogP contribution in [-0.2, 0) is 9.84 Å². The fourth-order valence-corrected chi connectivity index (χ4v) is 3.85. The molecule has 0 radical (unpaired) electrons. The van der Waals surface area contributed by atoms with Crippen LogP contribution in [0.3, 0.4) is 0 Å². The molecule has 1 aliphatic rings. The summed E-state index contributed by atoms with van der Waals surface area (Å²) >= 11 is 0. The van der Waals surface area contributed by atoms with Gasteiger partial charge in [0.25, 0.3) is 0 Å². The van der Waals surface area contributed by atoms with Crippen LogP contribution >= 0.6 is 0 Å². The van der Waals surface area contributed by atoms with Crippen molar-refractivity contribution in [3.63, 3.8) is 0 Å². The van der Waals surface area contributed by atoms with E-state index < -0.39 is 9.84 Å². The highest BCUT2D eigenvalue weighted by Gasteiger charge is 2.30. The first-order chi connectivity index (χ1) is 8.41. The van der Waals surface area contributed by atoms with Gasteiger partial charge >= 0.3 is 0 Å². The van der Waals surface area contributed by atoms with E-state index in [9.17, 15) is 13.2 Å². The van der Waals surface area contributed by atoms with Crippen molar-refractivity contribution in [2.24, 2.45) is 0 Å². The molecule has 1 atom stereocenters. The number of aldehydes is 1. The number of ether oxygens (including phenoxy) is 1. The van der Waals surface area contributed by atoms with E-state index in [4.69, 9.17) is 4.74 Å². The van der Waals surface area contributed by atoms with Crippen molar-refractivity contribution in [2.45, 2.75) is 26.4 Å². The molecular weight excluding hydrogens is 252 g/mol. The normalized spacial score (nSPS) is 21.8. The molecule has 0 saturated carbocycles. The van der Waals surface area contributed by atoms with Gasteiger partial charge in [0.05, 0.1) is 11.5 Å². The molecule has 5 heteroatoms. The number of hydrogen-bond donors (Lipinski definition) is 0. The van der Waals surface area contributed by atoms with Crippen molar-refractivity contribution in [3.05, 3.63) is 28.8 Å². The maximum atomic E-state index is 11.4. The lowest BCUT2D eigenvalue weighted by atomic mass is 10.1. The number of benzene rings is 1. The molecule has 4 nitrogen and oxygen atoms in total. The highest BCUT2D eigenvalue weighted by Crippen LogP contribution is 2.27. The van der Waals surface area contributed by atoms with E-state index in [1.165, 1.54) is 0 Å². The molecule has 1 aromatic rings. The fourth-order valence-electron chi connectivity index (χ4n) is 2.26. The smallest absolute Gasteiger partial charge is 0.154 e. The van der Waals surface area contributed by atoms with E-state index in [0.717, 1.165) is 17.4 Å². The number of carbonyl (C=O) groups is 1. The van der Waals surface area contributed by atoms with Gasteiger partial charge in [0.1, 0.15) is 18.1 Å². The Morgan fingerprint density at radius 3 is 2.33 bits per heavy atom. The third kappa shape index (κ3) is 2.72. The Bertz CT molecular complexity index is 552. The molecule has 1 saturated heterocycles. The molecule has 98 valence electrons. The zero-order chi connectivity index (χ0) is 13.3. The molecule has 2 rings (SSSR count). The van der Waals surface area contributed by atoms with Crippen molar-refractivity contribution in [1.29, 1.82) is 0 Å². The Morgan fingerprint density at radius 1 is 1.28 bits per heavy atom. The van der Waals surface area contributed by atoms with E-state index in [2.05, 4.69) is 0 Å². The summed E-state index contributed by atoms with van der Waals surface area (Å²) in [5.74, 6) is 0.978. The minimum atomic E-state index is -2.94. The zero-order valence-corrected chi connectivity index (χ0v) is 11.3. The Balaban J connectivity index is 2.22. The van der Waals surface area contributed by atoms with Crippen LogP contribution in [0, 0.1) is 13.8 Å². The summed E-state index contributed by atoms with van der Waals surface area (Å²) in [6.45, 7) is 3.72. The van der Waals surface area contributed by atoms with Crippen molar-refractivity contribution in [2.75, 3.05) is 11.5 Å². The van der Waals surface area contributed by atoms with Gasteiger partial charge in [-0.1, -0.05) is 0 Å². The van der Waals surface area contributed by atoms with Crippen LogP contribution < -0.4 is 4.74 Å². The molecule has 0 bridgehead atoms. The van der Waals surface area contributed by atoms with Crippen LogP contribution in [0.1, 0.15) is 27.9 Å². The lowest BCUT2D eigenvalue weighted by Crippen LogP contribution is -2.18. The predicted octanol–water partition coefficient (Wildman–Crippen LogP) is 1.68. The highest BCUT2D eigenvalue weighted by molar-refractivity contribution is 7.91. The monoisotopic (exact) mass is 268 g/mol. The van der Waals surface area contributed by atoms with E-state index >= 15 is 0 Å². The van der Waals surface area contributed by atoms with Gasteiger partial charge in [0, 0.05) is 5.56 Å². The van der Waals surface area contributed by atoms with Gasteiger partial charge in [-0.05, 0) is 43.5 Å². The zero-order valence-electron chi connectivity index (χ0n) is 10.5. The molecule has 0 aromatic heterocycles. The minimum Gasteiger partial charge on any atom is -0.489 e. The molecule has 0 aliphatic carbocycles. The topological polar surface area (TPSA) is 60.4 Å². The van der Waals surface area contributed by atoms with Gasteiger partial charge in [0.2, 0.25) is 0 Å². The Labute approximate surface area is 107 Å². The Kier molecular flexibility index (Phi) is 3.43. The van der Waals surface area contributed by atoms with Crippen LogP contribution in [0.15, 0.2) is 12.1 Å². The summed E-state index contributed by atoms with van der Waals surface area (Å²) in [5, 5.41) is 0. The predicted molar refractivity (Wildman–Crippen MR) is 69.0 cm³/mol. The first kappa shape index (κ1) is 13.1. The third-order valence-corrected chi connectivity index (χ3v) is 4.83. The summed E-state index contributed by atoms with van der Waals surface area (Å²) in [7, 11) is -2.94. The van der Waals surface area contributed by atoms with E-state index in [1.807, 2.05) is 13.8 Å². The maximum absolute atomic E-state index is 11.4. The number of sulfone groups is 1. The third-order valence-electron chi connectivity index (χ3n) is 3.09. The average Bonchev–Trinajstić information content (AvgIpc) is 2.63. The molecule has 1 fully saturated rings. The van der Waals surface area contributed by atoms with E-state index in [1.54, 1.807) is 12.1 Å². The van der Waals surface area contributed by atoms with Crippen LogP contribution in [0.5, 0.6) is 5.75 Å². The Hall–Kier alpha value is -1.36. The van der Waals surface area contributed by atoms with Crippen LogP contribution in [0.4, 0.5) is 0 Å². The van der Waals surface area contributed by atoms with E-state index in [-0.39, 0.29) is 17.6 Å². The number of hydrogen-bond acceptors (Lipinski definition) is 4. The van der Waals surface area contributed by atoms with Gasteiger partial charge in [-0.3, -0.25) is 4.79 Å². The van der Waals surface area contributed by atoms with Crippen molar-refractivity contribution in [1.82, 2.24) is 0 Å². The van der Waals surface area contributed by atoms with Crippen molar-refractivity contribution < 1.29 is 17.9 Å². The van der Waals surface area contributed by atoms with Crippen molar-refractivity contribution >= 4 is 16.1 Å². The number of rotatable bonds is 3. The fraction of sp³-hybridized carbons (Fsp3) is 0.462. The summed E-state index contributed by atoms with van der Waals surface area (Å²) in [6.07, 6.45) is 1.06. The second-order valence-corrected chi connectivity index (χ2v) is 6.97. The SMILES string of the molecule is Cc1cc(C=O)cc(C)c1OC1CCS(=O)(=O)C1. The van der Waals surface area contributed by atoms with Crippen molar-refractivity contribution in [3.8, 4) is 5.75 Å². The second-order valence-electron chi connectivity index (χ2n) is 4.74. The lowest BCUT2D eigenvalue weighted by molar-refractivity contribution is 0.112. The molecule has 0 N–H and O–H groups in total. The number of aryl methyl sites for hydroxylation is 2. The summed E-state index contributed by atoms with van der Waals surface area (Å²) < 4.78 is 28.5. The highest BCUT2D eigenvalue weighted by atomic mass is 32.2. The molecule has 0 amide bonds. The first-order valence-electron chi connectivity index (χ1n) is 5.85. The standard InChI is InChI=1S/C13H16O4S/c1-9-5-11(7-14)6-10(2)13(9)17-12-3-4-18(15,16)8-12/h5-7,12H,3-4,8H2,1-2H3. The summed E-state index contributed by atoms with van der Waals surface area (Å²) in [6, 6.07) is 3.50. The van der Waals surface area contributed by atoms with Crippen LogP contribution in [0.2, 0.25) is 0 Å².